The van der Waals surface area contributed by atoms with E-state index in [9.17, 15) is 19.3 Å². The second-order valence-electron chi connectivity index (χ2n) is 8.23. The highest BCUT2D eigenvalue weighted by Crippen LogP contribution is 2.38. The molecule has 0 aromatic heterocycles. The molecule has 158 valence electrons. The van der Waals surface area contributed by atoms with Gasteiger partial charge in [-0.15, -0.1) is 0 Å². The zero-order valence-electron chi connectivity index (χ0n) is 17.0. The number of hydrogen-bond acceptors (Lipinski definition) is 5. The lowest BCUT2D eigenvalue weighted by molar-refractivity contribution is -0.384. The third-order valence-corrected chi connectivity index (χ3v) is 5.87. The van der Waals surface area contributed by atoms with Gasteiger partial charge in [-0.2, -0.15) is 0 Å². The quantitative estimate of drug-likeness (QED) is 0.617. The summed E-state index contributed by atoms with van der Waals surface area (Å²) in [5.74, 6) is -0.650. The molecular formula is C22H25FN4O3. The van der Waals surface area contributed by atoms with E-state index in [4.69, 9.17) is 0 Å². The lowest BCUT2D eigenvalue weighted by Gasteiger charge is -2.49. The average Bonchev–Trinajstić information content (AvgIpc) is 2.72. The van der Waals surface area contributed by atoms with E-state index in [0.717, 1.165) is 23.5 Å². The first-order valence-corrected chi connectivity index (χ1v) is 10.2. The van der Waals surface area contributed by atoms with Gasteiger partial charge in [-0.3, -0.25) is 14.9 Å². The standard InChI is InChI=1S/C22H25FN4O3/c1-14(2)24-22(28)19-12-15-11-18(27(29)30)7-8-20(15)26-10-9-25(13-21(19)26)17-5-3-16(23)4-6-17/h3-8,11,14,19,21H,9-10,12-13H2,1-2H3,(H,24,28)/t19-,21+/m1/s1. The van der Waals surface area contributed by atoms with Crippen LogP contribution in [-0.4, -0.2) is 42.5 Å². The maximum atomic E-state index is 13.3. The normalized spacial score (nSPS) is 20.5. The van der Waals surface area contributed by atoms with Crippen molar-refractivity contribution >= 4 is 23.0 Å². The predicted octanol–water partition coefficient (Wildman–Crippen LogP) is 3.13. The molecule has 7 nitrogen and oxygen atoms in total. The summed E-state index contributed by atoms with van der Waals surface area (Å²) in [6.07, 6.45) is 0.452. The molecular weight excluding hydrogens is 387 g/mol. The van der Waals surface area contributed by atoms with Crippen LogP contribution in [0.2, 0.25) is 0 Å². The Morgan fingerprint density at radius 3 is 2.60 bits per heavy atom. The van der Waals surface area contributed by atoms with Crippen molar-refractivity contribution in [2.24, 2.45) is 5.92 Å². The largest absolute Gasteiger partial charge is 0.368 e. The van der Waals surface area contributed by atoms with Gasteiger partial charge in [0.25, 0.3) is 5.69 Å². The van der Waals surface area contributed by atoms with Gasteiger partial charge < -0.3 is 15.1 Å². The van der Waals surface area contributed by atoms with E-state index in [2.05, 4.69) is 15.1 Å². The first kappa shape index (κ1) is 20.1. The van der Waals surface area contributed by atoms with Crippen LogP contribution in [0.1, 0.15) is 19.4 Å². The fraction of sp³-hybridized carbons (Fsp3) is 0.409. The highest BCUT2D eigenvalue weighted by molar-refractivity contribution is 5.82. The maximum Gasteiger partial charge on any atom is 0.269 e. The van der Waals surface area contributed by atoms with Gasteiger partial charge in [0.2, 0.25) is 5.91 Å². The second-order valence-corrected chi connectivity index (χ2v) is 8.23. The monoisotopic (exact) mass is 412 g/mol. The number of non-ortho nitro benzene ring substituents is 1. The van der Waals surface area contributed by atoms with Crippen molar-refractivity contribution < 1.29 is 14.1 Å². The molecule has 2 aliphatic rings. The summed E-state index contributed by atoms with van der Waals surface area (Å²) < 4.78 is 13.3. The topological polar surface area (TPSA) is 78.7 Å². The van der Waals surface area contributed by atoms with Crippen molar-refractivity contribution in [3.8, 4) is 0 Å². The molecule has 0 aliphatic carbocycles. The number of piperazine rings is 1. The van der Waals surface area contributed by atoms with Crippen molar-refractivity contribution in [2.45, 2.75) is 32.4 Å². The van der Waals surface area contributed by atoms with Gasteiger partial charge in [0.1, 0.15) is 5.82 Å². The number of carbonyl (C=O) groups excluding carboxylic acids is 1. The van der Waals surface area contributed by atoms with E-state index >= 15 is 0 Å². The molecule has 1 amide bonds. The molecule has 0 saturated carbocycles. The van der Waals surface area contributed by atoms with E-state index in [1.165, 1.54) is 18.2 Å². The summed E-state index contributed by atoms with van der Waals surface area (Å²) in [6, 6.07) is 11.3. The Kier molecular flexibility index (Phi) is 5.32. The first-order valence-electron chi connectivity index (χ1n) is 10.2. The van der Waals surface area contributed by atoms with Gasteiger partial charge in [-0.1, -0.05) is 0 Å². The molecule has 0 spiro atoms. The number of nitrogens with one attached hydrogen (secondary N) is 1. The van der Waals surface area contributed by atoms with Crippen LogP contribution >= 0.6 is 0 Å². The first-order chi connectivity index (χ1) is 14.3. The van der Waals surface area contributed by atoms with Crippen LogP contribution in [0.4, 0.5) is 21.5 Å². The van der Waals surface area contributed by atoms with E-state index in [0.29, 0.717) is 19.5 Å². The summed E-state index contributed by atoms with van der Waals surface area (Å²) in [4.78, 5) is 28.2. The van der Waals surface area contributed by atoms with Crippen molar-refractivity contribution in [3.05, 3.63) is 64.0 Å². The van der Waals surface area contributed by atoms with Gasteiger partial charge in [-0.25, -0.2) is 4.39 Å². The van der Waals surface area contributed by atoms with Crippen LogP contribution in [0, 0.1) is 21.8 Å². The molecule has 1 fully saturated rings. The van der Waals surface area contributed by atoms with Crippen LogP contribution in [0.15, 0.2) is 42.5 Å². The smallest absolute Gasteiger partial charge is 0.269 e. The number of amides is 1. The minimum absolute atomic E-state index is 0.00856. The Morgan fingerprint density at radius 2 is 1.93 bits per heavy atom. The Bertz CT molecular complexity index is 963. The summed E-state index contributed by atoms with van der Waals surface area (Å²) in [7, 11) is 0. The third kappa shape index (κ3) is 3.81. The lowest BCUT2D eigenvalue weighted by Crippen LogP contribution is -2.61. The third-order valence-electron chi connectivity index (χ3n) is 5.87. The molecule has 2 aromatic carbocycles. The Labute approximate surface area is 174 Å². The van der Waals surface area contributed by atoms with Crippen LogP contribution in [0.25, 0.3) is 0 Å². The number of carbonyl (C=O) groups is 1. The number of nitro benzene ring substituents is 1. The van der Waals surface area contributed by atoms with Crippen molar-refractivity contribution in [3.63, 3.8) is 0 Å². The number of halogens is 1. The molecule has 1 saturated heterocycles. The minimum atomic E-state index is -0.401. The fourth-order valence-corrected chi connectivity index (χ4v) is 4.50. The van der Waals surface area contributed by atoms with Crippen LogP contribution in [-0.2, 0) is 11.2 Å². The summed E-state index contributed by atoms with van der Waals surface area (Å²) >= 11 is 0. The minimum Gasteiger partial charge on any atom is -0.368 e. The molecule has 4 rings (SSSR count). The second kappa shape index (κ2) is 7.93. The number of fused-ring (bicyclic) bond motifs is 3. The molecule has 30 heavy (non-hydrogen) atoms. The number of benzene rings is 2. The van der Waals surface area contributed by atoms with E-state index in [-0.39, 0.29) is 35.4 Å². The number of nitrogens with zero attached hydrogens (tertiary/aromatic N) is 3. The number of nitro groups is 1. The molecule has 2 atom stereocenters. The fourth-order valence-electron chi connectivity index (χ4n) is 4.50. The van der Waals surface area contributed by atoms with Crippen molar-refractivity contribution in [1.29, 1.82) is 0 Å². The zero-order chi connectivity index (χ0) is 21.4. The Balaban J connectivity index is 1.68. The van der Waals surface area contributed by atoms with Gasteiger partial charge in [-0.05, 0) is 56.2 Å². The zero-order valence-corrected chi connectivity index (χ0v) is 17.0. The molecule has 2 heterocycles. The Hall–Kier alpha value is -3.16. The van der Waals surface area contributed by atoms with Crippen LogP contribution in [0.3, 0.4) is 0 Å². The SMILES string of the molecule is CC(C)NC(=O)[C@@H]1Cc2cc([N+](=O)[O-])ccc2N2CCN(c3ccc(F)cc3)C[C@@H]12. The number of rotatable bonds is 4. The maximum absolute atomic E-state index is 13.3. The molecule has 2 aromatic rings. The van der Waals surface area contributed by atoms with Gasteiger partial charge in [0, 0.05) is 49.2 Å². The van der Waals surface area contributed by atoms with E-state index in [1.54, 1.807) is 24.3 Å². The van der Waals surface area contributed by atoms with Gasteiger partial charge in [0.15, 0.2) is 0 Å². The average molecular weight is 412 g/mol. The number of hydrogen-bond donors (Lipinski definition) is 1. The molecule has 0 unspecified atom stereocenters. The van der Waals surface area contributed by atoms with E-state index in [1.807, 2.05) is 13.8 Å². The van der Waals surface area contributed by atoms with Crippen molar-refractivity contribution in [2.75, 3.05) is 29.4 Å². The highest BCUT2D eigenvalue weighted by Gasteiger charge is 2.42. The van der Waals surface area contributed by atoms with Crippen LogP contribution in [0.5, 0.6) is 0 Å². The molecule has 8 heteroatoms. The molecule has 0 bridgehead atoms. The number of anilines is 2. The summed E-state index contributed by atoms with van der Waals surface area (Å²) in [5, 5.41) is 14.2. The summed E-state index contributed by atoms with van der Waals surface area (Å²) in [6.45, 7) is 5.86. The summed E-state index contributed by atoms with van der Waals surface area (Å²) in [5.41, 5.74) is 2.76. The van der Waals surface area contributed by atoms with Crippen LogP contribution < -0.4 is 15.1 Å². The van der Waals surface area contributed by atoms with Gasteiger partial charge in [0.05, 0.1) is 16.9 Å². The van der Waals surface area contributed by atoms with E-state index < -0.39 is 4.92 Å². The van der Waals surface area contributed by atoms with Crippen molar-refractivity contribution in [1.82, 2.24) is 5.32 Å². The van der Waals surface area contributed by atoms with Gasteiger partial charge >= 0.3 is 0 Å². The predicted molar refractivity (Wildman–Crippen MR) is 113 cm³/mol. The molecule has 1 N–H and O–H groups in total. The Morgan fingerprint density at radius 1 is 1.20 bits per heavy atom. The molecule has 2 aliphatic heterocycles. The molecule has 0 radical (unpaired) electrons. The highest BCUT2D eigenvalue weighted by atomic mass is 19.1. The lowest BCUT2D eigenvalue weighted by atomic mass is 9.83.